The van der Waals surface area contributed by atoms with Crippen molar-refractivity contribution in [3.63, 3.8) is 0 Å². The number of aliphatic carboxylic acids is 1. The maximum absolute atomic E-state index is 12.7. The van der Waals surface area contributed by atoms with Gasteiger partial charge in [-0.25, -0.2) is 9.59 Å². The number of rotatable bonds is 9. The van der Waals surface area contributed by atoms with Gasteiger partial charge >= 0.3 is 12.1 Å². The number of nitrogens with one attached hydrogen (secondary N) is 2. The number of hydrogen-bond acceptors (Lipinski definition) is 5. The van der Waals surface area contributed by atoms with Crippen molar-refractivity contribution in [1.82, 2.24) is 10.6 Å². The first-order valence-corrected chi connectivity index (χ1v) is 12.1. The Bertz CT molecular complexity index is 1040. The molecule has 0 radical (unpaired) electrons. The lowest BCUT2D eigenvalue weighted by Crippen LogP contribution is -2.50. The second-order valence-electron chi connectivity index (χ2n) is 9.26. The van der Waals surface area contributed by atoms with Gasteiger partial charge in [-0.15, -0.1) is 0 Å². The Morgan fingerprint density at radius 2 is 1.71 bits per heavy atom. The number of benzene rings is 2. The molecule has 1 heterocycles. The van der Waals surface area contributed by atoms with Gasteiger partial charge < -0.3 is 25.2 Å². The monoisotopic (exact) mass is 480 g/mol. The maximum atomic E-state index is 12.7. The number of fused-ring (bicyclic) bond motifs is 3. The summed E-state index contributed by atoms with van der Waals surface area (Å²) in [7, 11) is 0. The van der Waals surface area contributed by atoms with E-state index in [-0.39, 0.29) is 30.9 Å². The van der Waals surface area contributed by atoms with Crippen LogP contribution in [0.2, 0.25) is 0 Å². The van der Waals surface area contributed by atoms with Crippen molar-refractivity contribution in [1.29, 1.82) is 0 Å². The first-order valence-electron chi connectivity index (χ1n) is 12.1. The van der Waals surface area contributed by atoms with Crippen LogP contribution in [0.4, 0.5) is 4.79 Å². The third kappa shape index (κ3) is 5.32. The van der Waals surface area contributed by atoms with Gasteiger partial charge in [-0.05, 0) is 34.6 Å². The Hall–Kier alpha value is -3.39. The van der Waals surface area contributed by atoms with Crippen LogP contribution in [0.1, 0.15) is 43.7 Å². The van der Waals surface area contributed by atoms with Crippen LogP contribution in [-0.2, 0) is 19.1 Å². The topological polar surface area (TPSA) is 114 Å². The molecule has 1 fully saturated rings. The van der Waals surface area contributed by atoms with Crippen molar-refractivity contribution < 1.29 is 29.0 Å². The van der Waals surface area contributed by atoms with Gasteiger partial charge in [0.25, 0.3) is 0 Å². The zero-order valence-corrected chi connectivity index (χ0v) is 20.0. The number of ether oxygens (including phenoxy) is 2. The summed E-state index contributed by atoms with van der Waals surface area (Å²) in [6.07, 6.45) is -0.158. The molecule has 4 rings (SSSR count). The van der Waals surface area contributed by atoms with E-state index < -0.39 is 30.1 Å². The molecule has 0 bridgehead atoms. The Morgan fingerprint density at radius 3 is 2.31 bits per heavy atom. The summed E-state index contributed by atoms with van der Waals surface area (Å²) in [5, 5.41) is 14.8. The van der Waals surface area contributed by atoms with Gasteiger partial charge in [0.05, 0.1) is 0 Å². The predicted octanol–water partition coefficient (Wildman–Crippen LogP) is 3.55. The van der Waals surface area contributed by atoms with Crippen molar-refractivity contribution in [2.45, 2.75) is 44.8 Å². The van der Waals surface area contributed by atoms with Crippen molar-refractivity contribution in [3.8, 4) is 11.1 Å². The number of carboxylic acids is 1. The second kappa shape index (κ2) is 10.9. The molecule has 1 aliphatic carbocycles. The smallest absolute Gasteiger partial charge is 0.407 e. The summed E-state index contributed by atoms with van der Waals surface area (Å²) in [4.78, 5) is 36.8. The summed E-state index contributed by atoms with van der Waals surface area (Å²) in [5.74, 6) is -2.04. The molecule has 1 saturated heterocycles. The minimum absolute atomic E-state index is 0.0324. The SMILES string of the molecule is CC[C@H](C)[C@H](NC(=O)C1OCCC1CNC(=O)OCC1c2ccccc2-c2ccccc21)C(=O)O. The summed E-state index contributed by atoms with van der Waals surface area (Å²) in [6, 6.07) is 15.3. The normalized spacial score (nSPS) is 20.4. The van der Waals surface area contributed by atoms with Crippen LogP contribution < -0.4 is 10.6 Å². The predicted molar refractivity (Wildman–Crippen MR) is 130 cm³/mol. The lowest BCUT2D eigenvalue weighted by molar-refractivity contribution is -0.145. The lowest BCUT2D eigenvalue weighted by atomic mass is 9.97. The highest BCUT2D eigenvalue weighted by atomic mass is 16.5. The van der Waals surface area contributed by atoms with Gasteiger partial charge in [-0.2, -0.15) is 0 Å². The highest BCUT2D eigenvalue weighted by Crippen LogP contribution is 2.44. The number of amides is 2. The summed E-state index contributed by atoms with van der Waals surface area (Å²) in [5.41, 5.74) is 4.59. The molecular weight excluding hydrogens is 448 g/mol. The van der Waals surface area contributed by atoms with Crippen LogP contribution in [0.3, 0.4) is 0 Å². The Balaban J connectivity index is 1.31. The Morgan fingerprint density at radius 1 is 1.09 bits per heavy atom. The average molecular weight is 481 g/mol. The molecule has 0 saturated carbocycles. The molecule has 2 aromatic carbocycles. The maximum Gasteiger partial charge on any atom is 0.407 e. The summed E-state index contributed by atoms with van der Waals surface area (Å²) in [6.45, 7) is 4.44. The van der Waals surface area contributed by atoms with Crippen molar-refractivity contribution in [2.24, 2.45) is 11.8 Å². The molecule has 4 atom stereocenters. The average Bonchev–Trinajstić information content (AvgIpc) is 3.47. The van der Waals surface area contributed by atoms with Crippen LogP contribution >= 0.6 is 0 Å². The van der Waals surface area contributed by atoms with Crippen LogP contribution in [0.25, 0.3) is 11.1 Å². The van der Waals surface area contributed by atoms with E-state index >= 15 is 0 Å². The van der Waals surface area contributed by atoms with Gasteiger partial charge in [0.2, 0.25) is 5.91 Å². The van der Waals surface area contributed by atoms with Crippen LogP contribution in [0.5, 0.6) is 0 Å². The quantitative estimate of drug-likeness (QED) is 0.506. The zero-order chi connectivity index (χ0) is 24.9. The second-order valence-corrected chi connectivity index (χ2v) is 9.26. The molecule has 0 spiro atoms. The van der Waals surface area contributed by atoms with E-state index in [0.29, 0.717) is 19.4 Å². The zero-order valence-electron chi connectivity index (χ0n) is 20.0. The molecule has 3 N–H and O–H groups in total. The van der Waals surface area contributed by atoms with E-state index in [0.717, 1.165) is 22.3 Å². The van der Waals surface area contributed by atoms with Gasteiger partial charge in [0.1, 0.15) is 18.8 Å². The third-order valence-electron chi connectivity index (χ3n) is 7.10. The number of alkyl carbamates (subject to hydrolysis) is 1. The van der Waals surface area contributed by atoms with Crippen molar-refractivity contribution in [3.05, 3.63) is 59.7 Å². The van der Waals surface area contributed by atoms with Crippen molar-refractivity contribution in [2.75, 3.05) is 19.8 Å². The van der Waals surface area contributed by atoms with Crippen LogP contribution in [-0.4, -0.2) is 55.0 Å². The van der Waals surface area contributed by atoms with E-state index in [9.17, 15) is 19.5 Å². The summed E-state index contributed by atoms with van der Waals surface area (Å²) >= 11 is 0. The highest BCUT2D eigenvalue weighted by molar-refractivity contribution is 5.87. The molecule has 35 heavy (non-hydrogen) atoms. The molecule has 1 aliphatic heterocycles. The molecule has 2 amide bonds. The minimum atomic E-state index is -1.07. The first kappa shape index (κ1) is 24.7. The fraction of sp³-hybridized carbons (Fsp3) is 0.444. The molecule has 2 aliphatic rings. The van der Waals surface area contributed by atoms with E-state index in [1.165, 1.54) is 0 Å². The van der Waals surface area contributed by atoms with Crippen LogP contribution in [0, 0.1) is 11.8 Å². The molecule has 186 valence electrons. The molecule has 0 aromatic heterocycles. The standard InChI is InChI=1S/C27H32N2O6/c1-3-16(2)23(26(31)32)29-25(30)24-17(12-13-34-24)14-28-27(33)35-15-22-20-10-6-4-8-18(20)19-9-5-7-11-21(19)22/h4-11,16-17,22-24H,3,12-15H2,1-2H3,(H,28,33)(H,29,30)(H,31,32)/t16-,17?,23-,24?/m0/s1. The van der Waals surface area contributed by atoms with Gasteiger partial charge in [-0.1, -0.05) is 68.8 Å². The van der Waals surface area contributed by atoms with Crippen molar-refractivity contribution >= 4 is 18.0 Å². The van der Waals surface area contributed by atoms with Gasteiger partial charge in [-0.3, -0.25) is 4.79 Å². The Labute approximate surface area is 205 Å². The largest absolute Gasteiger partial charge is 0.480 e. The van der Waals surface area contributed by atoms with Gasteiger partial charge in [0.15, 0.2) is 0 Å². The summed E-state index contributed by atoms with van der Waals surface area (Å²) < 4.78 is 11.1. The molecule has 8 nitrogen and oxygen atoms in total. The van der Waals surface area contributed by atoms with E-state index in [2.05, 4.69) is 34.9 Å². The highest BCUT2D eigenvalue weighted by Gasteiger charge is 2.37. The molecule has 8 heteroatoms. The fourth-order valence-electron chi connectivity index (χ4n) is 4.92. The number of carboxylic acid groups (broad SMARTS) is 1. The number of carbonyl (C=O) groups excluding carboxylic acids is 2. The van der Waals surface area contributed by atoms with E-state index in [1.54, 1.807) is 6.92 Å². The third-order valence-corrected chi connectivity index (χ3v) is 7.10. The number of carbonyl (C=O) groups is 3. The van der Waals surface area contributed by atoms with Gasteiger partial charge in [0, 0.05) is 25.0 Å². The number of hydrogen-bond donors (Lipinski definition) is 3. The molecular formula is C27H32N2O6. The molecule has 2 aromatic rings. The fourth-order valence-corrected chi connectivity index (χ4v) is 4.92. The van der Waals surface area contributed by atoms with E-state index in [1.807, 2.05) is 31.2 Å². The lowest BCUT2D eigenvalue weighted by Gasteiger charge is -2.24. The first-order chi connectivity index (χ1) is 16.9. The minimum Gasteiger partial charge on any atom is -0.480 e. The Kier molecular flexibility index (Phi) is 7.70. The molecule has 2 unspecified atom stereocenters. The van der Waals surface area contributed by atoms with E-state index in [4.69, 9.17) is 9.47 Å². The van der Waals surface area contributed by atoms with Crippen LogP contribution in [0.15, 0.2) is 48.5 Å².